The van der Waals surface area contributed by atoms with E-state index in [1.165, 1.54) is 0 Å². The minimum Gasteiger partial charge on any atom is -0.203 e. The summed E-state index contributed by atoms with van der Waals surface area (Å²) < 4.78 is 83.1. The molecular formula is C45H58F6N6. The molecule has 0 fully saturated rings. The molecule has 0 radical (unpaired) electrons. The molecule has 4 aromatic carbocycles. The van der Waals surface area contributed by atoms with E-state index in [0.29, 0.717) is 64.8 Å². The van der Waals surface area contributed by atoms with Gasteiger partial charge in [-0.25, -0.2) is 26.3 Å². The zero-order chi connectivity index (χ0) is 43.7. The van der Waals surface area contributed by atoms with Crippen LogP contribution in [0.1, 0.15) is 137 Å². The number of nitrogens with zero attached hydrogens (tertiary/aromatic N) is 6. The summed E-state index contributed by atoms with van der Waals surface area (Å²) in [5.41, 5.74) is 5.70. The first-order chi connectivity index (χ1) is 27.5. The summed E-state index contributed by atoms with van der Waals surface area (Å²) in [6, 6.07) is 11.0. The van der Waals surface area contributed by atoms with E-state index in [1.54, 1.807) is 18.2 Å². The Morgan fingerprint density at radius 3 is 1.37 bits per heavy atom. The summed E-state index contributed by atoms with van der Waals surface area (Å²) in [6.45, 7) is 14.0. The van der Waals surface area contributed by atoms with Crippen LogP contribution >= 0.6 is 0 Å². The Morgan fingerprint density at radius 1 is 0.491 bits per heavy atom. The fourth-order valence-corrected chi connectivity index (χ4v) is 7.31. The van der Waals surface area contributed by atoms with Gasteiger partial charge in [0.25, 0.3) is 0 Å². The van der Waals surface area contributed by atoms with Crippen LogP contribution in [0.5, 0.6) is 0 Å². The molecule has 0 N–H and O–H groups in total. The quantitative estimate of drug-likeness (QED) is 0.103. The van der Waals surface area contributed by atoms with Crippen LogP contribution in [-0.4, -0.2) is 0 Å². The Bertz CT molecular complexity index is 1840. The average Bonchev–Trinajstić information content (AvgIpc) is 3.23. The first-order valence-corrected chi connectivity index (χ1v) is 19.9. The molecule has 0 aromatic heterocycles. The molecule has 0 spiro atoms. The van der Waals surface area contributed by atoms with E-state index >= 15 is 0 Å². The largest absolute Gasteiger partial charge is 0.203 e. The highest BCUT2D eigenvalue weighted by atomic mass is 19.2. The van der Waals surface area contributed by atoms with Crippen LogP contribution in [0.25, 0.3) is 10.8 Å². The van der Waals surface area contributed by atoms with E-state index in [2.05, 4.69) is 13.8 Å². The van der Waals surface area contributed by atoms with Gasteiger partial charge in [-0.15, -0.1) is 0 Å². The van der Waals surface area contributed by atoms with Crippen molar-refractivity contribution in [1.82, 2.24) is 0 Å². The Hall–Kier alpha value is -5.02. The summed E-state index contributed by atoms with van der Waals surface area (Å²) in [7, 11) is 0. The van der Waals surface area contributed by atoms with Gasteiger partial charge in [0.2, 0.25) is 0 Å². The zero-order valence-corrected chi connectivity index (χ0v) is 34.6. The third-order valence-electron chi connectivity index (χ3n) is 9.96. The molecule has 0 saturated heterocycles. The molecule has 0 saturated carbocycles. The first-order valence-electron chi connectivity index (χ1n) is 19.9. The molecule has 310 valence electrons. The van der Waals surface area contributed by atoms with Gasteiger partial charge in [-0.2, -0.15) is 0 Å². The molecule has 0 amide bonds. The van der Waals surface area contributed by atoms with Crippen LogP contribution in [0.4, 0.5) is 26.3 Å². The van der Waals surface area contributed by atoms with Gasteiger partial charge in [0, 0.05) is 37.7 Å². The number of rotatable bonds is 12. The lowest BCUT2D eigenvalue weighted by molar-refractivity contribution is 0.400. The van der Waals surface area contributed by atoms with Crippen molar-refractivity contribution in [1.29, 1.82) is 32.4 Å². The molecule has 6 nitrogen and oxygen atoms in total. The zero-order valence-electron chi connectivity index (χ0n) is 34.6. The molecule has 57 heavy (non-hydrogen) atoms. The molecule has 1 aliphatic rings. The minimum absolute atomic E-state index is 0.448. The van der Waals surface area contributed by atoms with Crippen molar-refractivity contribution in [3.8, 4) is 0 Å². The Kier molecular flexibility index (Phi) is 25.9. The second-order valence-corrected chi connectivity index (χ2v) is 14.1. The summed E-state index contributed by atoms with van der Waals surface area (Å²) in [4.78, 5) is 0. The molecular weight excluding hydrogens is 739 g/mol. The van der Waals surface area contributed by atoms with Gasteiger partial charge < -0.3 is 0 Å². The monoisotopic (exact) mass is 796 g/mol. The maximum atomic E-state index is 14.3. The maximum absolute atomic E-state index is 14.3. The molecule has 0 aliphatic heterocycles. The van der Waals surface area contributed by atoms with Gasteiger partial charge in [0.05, 0.1) is 0 Å². The predicted molar refractivity (Wildman–Crippen MR) is 212 cm³/mol. The number of aryl methyl sites for hydroxylation is 7. The van der Waals surface area contributed by atoms with Crippen molar-refractivity contribution in [2.75, 3.05) is 0 Å². The van der Waals surface area contributed by atoms with E-state index in [9.17, 15) is 26.3 Å². The van der Waals surface area contributed by atoms with Crippen molar-refractivity contribution in [2.45, 2.75) is 145 Å². The molecule has 4 aromatic rings. The number of hydrogen-bond acceptors (Lipinski definition) is 6. The van der Waals surface area contributed by atoms with E-state index in [1.807, 2.05) is 52.8 Å². The van der Waals surface area contributed by atoms with Gasteiger partial charge in [-0.05, 0) is 120 Å². The van der Waals surface area contributed by atoms with Crippen molar-refractivity contribution >= 4 is 10.8 Å². The number of hydrogen-bond donors (Lipinski definition) is 0. The lowest BCUT2D eigenvalue weighted by atomic mass is 9.80. The smallest absolute Gasteiger partial charge is 0.167 e. The fraction of sp³-hybridized carbons (Fsp3) is 0.511. The standard InChI is InChI=1S/C17H20F2.C16H22F2.C12H16F2.3N2/c1-4-6-12-8-9-13-10-14(7-5-2)16(18)17(19)15(13)11(12)3;1-3-5-11-7-8-12-10-13(6-4-2)15(17)16(18)14(12)9-11;1-3-5-9-7-8-10(6-4-2)12(14)11(9)13;3*1-2/h8-10H,4-7H2,1-3H3;10-11H,3-9H2,1-2H3;7-8H,3-6H2,1-2H3;;;. The van der Waals surface area contributed by atoms with E-state index in [-0.39, 0.29) is 0 Å². The summed E-state index contributed by atoms with van der Waals surface area (Å²) in [6.07, 6.45) is 12.7. The van der Waals surface area contributed by atoms with Crippen LogP contribution in [0, 0.1) is 80.1 Å². The van der Waals surface area contributed by atoms with E-state index in [4.69, 9.17) is 32.4 Å². The highest BCUT2D eigenvalue weighted by Crippen LogP contribution is 2.33. The predicted octanol–water partition coefficient (Wildman–Crippen LogP) is 14.1. The van der Waals surface area contributed by atoms with Gasteiger partial charge in [-0.1, -0.05) is 117 Å². The minimum atomic E-state index is -0.684. The van der Waals surface area contributed by atoms with Crippen LogP contribution in [0.15, 0.2) is 36.4 Å². The molecule has 0 heterocycles. The SMILES string of the molecule is CCCc1cc2c(c(F)c1F)CC(CCC)CC2.CCCc1cc2ccc(CCC)c(C)c2c(F)c1F.CCCc1ccc(CCC)c(F)c1F.N#N.N#N.N#N. The average molecular weight is 797 g/mol. The third kappa shape index (κ3) is 14.5. The Labute approximate surface area is 335 Å². The topological polar surface area (TPSA) is 143 Å². The molecule has 12 heteroatoms. The lowest BCUT2D eigenvalue weighted by Gasteiger charge is -2.25. The van der Waals surface area contributed by atoms with Crippen molar-refractivity contribution in [3.63, 3.8) is 0 Å². The molecule has 1 atom stereocenters. The maximum Gasteiger partial charge on any atom is 0.167 e. The summed E-state index contributed by atoms with van der Waals surface area (Å²) in [5.74, 6) is -3.31. The van der Waals surface area contributed by atoms with Crippen LogP contribution in [0.3, 0.4) is 0 Å². The Morgan fingerprint density at radius 2 is 0.895 bits per heavy atom. The summed E-state index contributed by atoms with van der Waals surface area (Å²) in [5, 5.41) is 37.3. The van der Waals surface area contributed by atoms with Crippen molar-refractivity contribution in [3.05, 3.63) is 116 Å². The molecule has 5 rings (SSSR count). The van der Waals surface area contributed by atoms with Gasteiger partial charge >= 0.3 is 0 Å². The third-order valence-corrected chi connectivity index (χ3v) is 9.96. The second-order valence-electron chi connectivity index (χ2n) is 14.1. The van der Waals surface area contributed by atoms with Gasteiger partial charge in [0.15, 0.2) is 34.9 Å². The number of fused-ring (bicyclic) bond motifs is 2. The van der Waals surface area contributed by atoms with Crippen LogP contribution < -0.4 is 0 Å². The normalized spacial score (nSPS) is 12.4. The van der Waals surface area contributed by atoms with Crippen LogP contribution in [-0.2, 0) is 44.9 Å². The number of halogens is 6. The highest BCUT2D eigenvalue weighted by molar-refractivity contribution is 5.88. The molecule has 1 unspecified atom stereocenters. The second kappa shape index (κ2) is 28.4. The highest BCUT2D eigenvalue weighted by Gasteiger charge is 2.25. The lowest BCUT2D eigenvalue weighted by Crippen LogP contribution is -2.17. The van der Waals surface area contributed by atoms with Crippen molar-refractivity contribution < 1.29 is 26.3 Å². The first kappa shape index (κ1) is 52.0. The molecule has 1 aliphatic carbocycles. The number of benzene rings is 4. The molecule has 0 bridgehead atoms. The van der Waals surface area contributed by atoms with Crippen LogP contribution in [0.2, 0.25) is 0 Å². The van der Waals surface area contributed by atoms with E-state index < -0.39 is 34.9 Å². The van der Waals surface area contributed by atoms with Gasteiger partial charge in [0.1, 0.15) is 0 Å². The fourth-order valence-electron chi connectivity index (χ4n) is 7.31. The Balaban J connectivity index is 0.000000780. The van der Waals surface area contributed by atoms with Gasteiger partial charge in [-0.3, -0.25) is 0 Å². The van der Waals surface area contributed by atoms with E-state index in [0.717, 1.165) is 92.7 Å². The summed E-state index contributed by atoms with van der Waals surface area (Å²) >= 11 is 0. The van der Waals surface area contributed by atoms with Crippen molar-refractivity contribution in [2.24, 2.45) is 5.92 Å².